The smallest absolute Gasteiger partial charge is 0.160 e. The number of hydrogen-bond acceptors (Lipinski definition) is 8. The van der Waals surface area contributed by atoms with Gasteiger partial charge in [0.2, 0.25) is 0 Å². The number of rotatable bonds is 11. The molecule has 2 aliphatic rings. The fraction of sp³-hybridized carbons (Fsp3) is 0.0426. The number of nitrogens with zero attached hydrogens (tertiary/aromatic N) is 8. The summed E-state index contributed by atoms with van der Waals surface area (Å²) >= 11 is 0. The molecule has 0 amide bonds. The van der Waals surface area contributed by atoms with Crippen molar-refractivity contribution in [2.45, 2.75) is 25.2 Å². The molecule has 11 aromatic carbocycles. The third-order valence-corrected chi connectivity index (χ3v) is 19.7. The lowest BCUT2D eigenvalue weighted by Gasteiger charge is -2.18. The number of allylic oxidation sites excluding steroid dienone is 8. The van der Waals surface area contributed by atoms with Crippen LogP contribution in [0.5, 0.6) is 0 Å². The van der Waals surface area contributed by atoms with E-state index in [1.807, 2.05) is 60.9 Å². The molecule has 1 unspecified atom stereocenters. The maximum absolute atomic E-state index is 5.20. The standard InChI is InChI=1S/C50H34N4.C44H30N4/c1-3-10-33(11-4-1)34-17-21-37(22-18-34)46-32-47(54-50(53-46)40-12-5-2-6-13-40)44-29-28-41(42-15-7-8-16-43(42)44)35-19-23-36(24-20-35)45-30-27-39-26-25-38-14-9-31-51-48(38)49(39)52-45;1-3-10-30(11-4-1)40-28-41(48-44(47-40)34-12-5-2-6-13-34)38-25-24-35(36-15-7-8-16-37(36)38)29-17-19-31(20-18-29)39-26-23-33-22-21-32-14-9-27-45-42(32)43(33)46-39/h1-17,19-32,34H,18H2;2-3,5-28H,1,4H2. The fourth-order valence-electron chi connectivity index (χ4n) is 14.4. The predicted octanol–water partition coefficient (Wildman–Crippen LogP) is 23.6. The maximum Gasteiger partial charge on any atom is 0.160 e. The van der Waals surface area contributed by atoms with E-state index in [4.69, 9.17) is 29.9 Å². The summed E-state index contributed by atoms with van der Waals surface area (Å²) in [5.41, 5.74) is 23.8. The molecule has 6 heterocycles. The Morgan fingerprint density at radius 1 is 0.265 bits per heavy atom. The van der Waals surface area contributed by atoms with Crippen molar-refractivity contribution in [2.75, 3.05) is 0 Å². The summed E-state index contributed by atoms with van der Waals surface area (Å²) in [5, 5.41) is 9.03. The van der Waals surface area contributed by atoms with Gasteiger partial charge in [-0.15, -0.1) is 0 Å². The summed E-state index contributed by atoms with van der Waals surface area (Å²) in [4.78, 5) is 39.9. The zero-order valence-electron chi connectivity index (χ0n) is 55.7. The Kier molecular flexibility index (Phi) is 16.1. The monoisotopic (exact) mass is 1300 g/mol. The van der Waals surface area contributed by atoms with E-state index in [0.29, 0.717) is 5.92 Å². The van der Waals surface area contributed by atoms with Gasteiger partial charge in [0.1, 0.15) is 0 Å². The highest BCUT2D eigenvalue weighted by Gasteiger charge is 2.21. The highest BCUT2D eigenvalue weighted by Crippen LogP contribution is 2.41. The van der Waals surface area contributed by atoms with E-state index in [1.165, 1.54) is 27.5 Å². The third-order valence-electron chi connectivity index (χ3n) is 19.7. The Labute approximate surface area is 590 Å². The molecular formula is C94H64N8. The van der Waals surface area contributed by atoms with Gasteiger partial charge in [-0.2, -0.15) is 0 Å². The summed E-state index contributed by atoms with van der Waals surface area (Å²) in [5.74, 6) is 1.81. The maximum atomic E-state index is 5.20. The van der Waals surface area contributed by atoms with Crippen LogP contribution in [-0.2, 0) is 0 Å². The van der Waals surface area contributed by atoms with E-state index in [-0.39, 0.29) is 0 Å². The fourth-order valence-corrected chi connectivity index (χ4v) is 14.4. The molecule has 8 heteroatoms. The molecule has 0 N–H and O–H groups in total. The van der Waals surface area contributed by atoms with Crippen LogP contribution in [0.25, 0.3) is 166 Å². The Morgan fingerprint density at radius 3 is 1.12 bits per heavy atom. The summed E-state index contributed by atoms with van der Waals surface area (Å²) in [6, 6.07) is 104. The van der Waals surface area contributed by atoms with Crippen LogP contribution < -0.4 is 0 Å². The van der Waals surface area contributed by atoms with E-state index < -0.39 is 0 Å². The minimum absolute atomic E-state index is 0.358. The number of benzene rings is 11. The van der Waals surface area contributed by atoms with Crippen LogP contribution in [0.15, 0.2) is 346 Å². The molecule has 0 radical (unpaired) electrons. The van der Waals surface area contributed by atoms with E-state index >= 15 is 0 Å². The molecule has 2 aliphatic carbocycles. The Hall–Kier alpha value is -13.3. The van der Waals surface area contributed by atoms with Gasteiger partial charge in [-0.25, -0.2) is 29.9 Å². The normalized spacial score (nSPS) is 13.5. The first-order valence-corrected chi connectivity index (χ1v) is 34.8. The lowest BCUT2D eigenvalue weighted by Crippen LogP contribution is -2.02. The minimum Gasteiger partial charge on any atom is -0.254 e. The van der Waals surface area contributed by atoms with Crippen molar-refractivity contribution in [3.05, 3.63) is 363 Å². The second kappa shape index (κ2) is 26.8. The van der Waals surface area contributed by atoms with Crippen LogP contribution in [0.3, 0.4) is 0 Å². The average molecular weight is 1310 g/mol. The summed E-state index contributed by atoms with van der Waals surface area (Å²) < 4.78 is 0. The van der Waals surface area contributed by atoms with Gasteiger partial charge >= 0.3 is 0 Å². The lowest BCUT2D eigenvalue weighted by molar-refractivity contribution is 0.855. The Balaban J connectivity index is 0.000000147. The van der Waals surface area contributed by atoms with Crippen molar-refractivity contribution in [1.29, 1.82) is 0 Å². The topological polar surface area (TPSA) is 103 Å². The van der Waals surface area contributed by atoms with Crippen LogP contribution in [-0.4, -0.2) is 39.9 Å². The van der Waals surface area contributed by atoms with Gasteiger partial charge in [-0.05, 0) is 116 Å². The molecule has 17 aromatic rings. The van der Waals surface area contributed by atoms with Gasteiger partial charge in [-0.1, -0.05) is 297 Å². The summed E-state index contributed by atoms with van der Waals surface area (Å²) in [6.07, 6.45) is 20.2. The molecule has 0 aliphatic heterocycles. The quantitative estimate of drug-likeness (QED) is 0.118. The predicted molar refractivity (Wildman–Crippen MR) is 421 cm³/mol. The largest absolute Gasteiger partial charge is 0.254 e. The van der Waals surface area contributed by atoms with Crippen LogP contribution in [0.2, 0.25) is 0 Å². The third kappa shape index (κ3) is 12.0. The summed E-state index contributed by atoms with van der Waals surface area (Å²) in [6.45, 7) is 0. The van der Waals surface area contributed by atoms with Gasteiger partial charge in [0.25, 0.3) is 0 Å². The van der Waals surface area contributed by atoms with Gasteiger partial charge in [-0.3, -0.25) is 9.97 Å². The van der Waals surface area contributed by atoms with Crippen LogP contribution in [0.1, 0.15) is 42.1 Å². The molecule has 1 atom stereocenters. The molecule has 0 saturated heterocycles. The lowest BCUT2D eigenvalue weighted by atomic mass is 9.89. The number of pyridine rings is 4. The number of aromatic nitrogens is 8. The van der Waals surface area contributed by atoms with E-state index in [9.17, 15) is 0 Å². The minimum atomic E-state index is 0.358. The van der Waals surface area contributed by atoms with E-state index in [1.54, 1.807) is 0 Å². The highest BCUT2D eigenvalue weighted by atomic mass is 14.9. The molecule has 0 spiro atoms. The molecule has 0 saturated carbocycles. The zero-order chi connectivity index (χ0) is 67.7. The molecule has 8 nitrogen and oxygen atoms in total. The van der Waals surface area contributed by atoms with E-state index in [0.717, 1.165) is 175 Å². The second-order valence-electron chi connectivity index (χ2n) is 26.0. The Bertz CT molecular complexity index is 6200. The second-order valence-corrected chi connectivity index (χ2v) is 26.0. The van der Waals surface area contributed by atoms with Crippen LogP contribution in [0.4, 0.5) is 0 Å². The first-order chi connectivity index (χ1) is 50.5. The van der Waals surface area contributed by atoms with Crippen molar-refractivity contribution in [3.63, 3.8) is 0 Å². The van der Waals surface area contributed by atoms with Crippen LogP contribution in [0, 0.1) is 0 Å². The Morgan fingerprint density at radius 2 is 0.667 bits per heavy atom. The first kappa shape index (κ1) is 61.1. The number of fused-ring (bicyclic) bond motifs is 8. The van der Waals surface area contributed by atoms with Gasteiger partial charge in [0.15, 0.2) is 11.6 Å². The van der Waals surface area contributed by atoms with Crippen LogP contribution >= 0.6 is 0 Å². The molecule has 6 aromatic heterocycles. The molecular weight excluding hydrogens is 1240 g/mol. The molecule has 0 fully saturated rings. The SMILES string of the molecule is C1=CC(c2cc(-c3ccc(-c4ccc(-c5ccc6ccc7cccnc7c6n5)cc4)c4ccccc34)nc(-c3ccccc3)n2)=CCC1.C1=CC(c2ccccc2)CC=C1c1cc(-c2ccc(-c3ccc(-c4ccc5ccc6cccnc6c5n4)cc3)c3ccccc23)nc(-c2ccccc2)n1. The molecule has 102 heavy (non-hydrogen) atoms. The van der Waals surface area contributed by atoms with Crippen molar-refractivity contribution in [2.24, 2.45) is 0 Å². The van der Waals surface area contributed by atoms with Gasteiger partial charge < -0.3 is 0 Å². The molecule has 480 valence electrons. The van der Waals surface area contributed by atoms with Crippen molar-refractivity contribution < 1.29 is 0 Å². The first-order valence-electron chi connectivity index (χ1n) is 34.8. The van der Waals surface area contributed by atoms with Crippen molar-refractivity contribution in [3.8, 4) is 90.1 Å². The van der Waals surface area contributed by atoms with E-state index in [2.05, 4.69) is 295 Å². The highest BCUT2D eigenvalue weighted by molar-refractivity contribution is 6.08. The number of hydrogen-bond donors (Lipinski definition) is 0. The van der Waals surface area contributed by atoms with Crippen molar-refractivity contribution >= 4 is 76.3 Å². The van der Waals surface area contributed by atoms with Crippen molar-refractivity contribution in [1.82, 2.24) is 39.9 Å². The summed E-state index contributed by atoms with van der Waals surface area (Å²) in [7, 11) is 0. The molecule has 19 rings (SSSR count). The average Bonchev–Trinajstić information content (AvgIpc) is 0.778. The molecule has 0 bridgehead atoms. The van der Waals surface area contributed by atoms with Gasteiger partial charge in [0.05, 0.1) is 56.2 Å². The van der Waals surface area contributed by atoms with Gasteiger partial charge in [0, 0.05) is 73.2 Å². The zero-order valence-corrected chi connectivity index (χ0v) is 55.7.